The average Bonchev–Trinajstić information content (AvgIpc) is 2.36. The van der Waals surface area contributed by atoms with Gasteiger partial charge in [0.1, 0.15) is 11.1 Å². The van der Waals surface area contributed by atoms with Gasteiger partial charge in [-0.05, 0) is 39.4 Å². The summed E-state index contributed by atoms with van der Waals surface area (Å²) in [5.74, 6) is 0. The van der Waals surface area contributed by atoms with Crippen molar-refractivity contribution in [2.45, 2.75) is 38.4 Å². The fraction of sp³-hybridized carbons (Fsp3) is 0.750. The highest BCUT2D eigenvalue weighted by molar-refractivity contribution is 8.04. The van der Waals surface area contributed by atoms with E-state index in [0.29, 0.717) is 5.03 Å². The minimum Gasteiger partial charge on any atom is -0.365 e. The summed E-state index contributed by atoms with van der Waals surface area (Å²) in [6.45, 7) is 4.91. The van der Waals surface area contributed by atoms with Crippen LogP contribution in [-0.2, 0) is 9.84 Å². The van der Waals surface area contributed by atoms with Crippen LogP contribution in [0.25, 0.3) is 0 Å². The molecule has 0 radical (unpaired) electrons. The van der Waals surface area contributed by atoms with Gasteiger partial charge in [0.25, 0.3) is 0 Å². The fourth-order valence-electron chi connectivity index (χ4n) is 1.93. The molecule has 1 rings (SSSR count). The smallest absolute Gasteiger partial charge is 0.193 e. The molecule has 102 valence electrons. The van der Waals surface area contributed by atoms with Crippen molar-refractivity contribution in [3.8, 4) is 6.07 Å². The molecular formula is C12H20N2O2S2. The first-order valence-electron chi connectivity index (χ1n) is 6.12. The van der Waals surface area contributed by atoms with E-state index in [1.807, 2.05) is 17.2 Å². The molecule has 1 aliphatic rings. The van der Waals surface area contributed by atoms with Gasteiger partial charge in [0.15, 0.2) is 14.7 Å². The number of thioether (sulfide) groups is 1. The van der Waals surface area contributed by atoms with Crippen molar-refractivity contribution in [3.63, 3.8) is 0 Å². The Balaban J connectivity index is 3.21. The molecule has 0 saturated carbocycles. The van der Waals surface area contributed by atoms with Crippen molar-refractivity contribution in [1.82, 2.24) is 4.90 Å². The van der Waals surface area contributed by atoms with Gasteiger partial charge in [-0.15, -0.1) is 11.8 Å². The third kappa shape index (κ3) is 3.21. The largest absolute Gasteiger partial charge is 0.365 e. The summed E-state index contributed by atoms with van der Waals surface area (Å²) in [6.07, 6.45) is 5.13. The summed E-state index contributed by atoms with van der Waals surface area (Å²) in [5, 5.41) is 9.28. The molecule has 0 bridgehead atoms. The topological polar surface area (TPSA) is 61.2 Å². The van der Waals surface area contributed by atoms with Gasteiger partial charge < -0.3 is 4.90 Å². The number of nitriles is 1. The second kappa shape index (κ2) is 6.48. The molecule has 0 aromatic heterocycles. The lowest BCUT2D eigenvalue weighted by Crippen LogP contribution is -2.30. The normalized spacial score (nSPS) is 18.5. The molecule has 18 heavy (non-hydrogen) atoms. The number of rotatable bonds is 4. The Morgan fingerprint density at radius 2 is 1.83 bits per heavy atom. The van der Waals surface area contributed by atoms with Gasteiger partial charge in [0.2, 0.25) is 0 Å². The van der Waals surface area contributed by atoms with Gasteiger partial charge in [-0.2, -0.15) is 5.26 Å². The van der Waals surface area contributed by atoms with Crippen LogP contribution in [0.2, 0.25) is 0 Å². The van der Waals surface area contributed by atoms with Crippen LogP contribution in [0.5, 0.6) is 0 Å². The summed E-state index contributed by atoms with van der Waals surface area (Å²) in [5.41, 5.74) is 0. The van der Waals surface area contributed by atoms with E-state index in [9.17, 15) is 13.7 Å². The van der Waals surface area contributed by atoms with Crippen molar-refractivity contribution >= 4 is 21.6 Å². The third-order valence-electron chi connectivity index (χ3n) is 3.04. The van der Waals surface area contributed by atoms with Crippen LogP contribution < -0.4 is 0 Å². The maximum atomic E-state index is 12.2. The Bertz CT molecular complexity index is 455. The Labute approximate surface area is 114 Å². The molecule has 0 unspecified atom stereocenters. The van der Waals surface area contributed by atoms with E-state index in [-0.39, 0.29) is 4.91 Å². The number of hydrogen-bond acceptors (Lipinski definition) is 5. The predicted molar refractivity (Wildman–Crippen MR) is 75.6 cm³/mol. The number of sulfone groups is 1. The lowest BCUT2D eigenvalue weighted by atomic mass is 10.1. The van der Waals surface area contributed by atoms with Gasteiger partial charge >= 0.3 is 0 Å². The van der Waals surface area contributed by atoms with Gasteiger partial charge in [-0.25, -0.2) is 8.42 Å². The quantitative estimate of drug-likeness (QED) is 0.743. The van der Waals surface area contributed by atoms with E-state index < -0.39 is 15.1 Å². The summed E-state index contributed by atoms with van der Waals surface area (Å²) >= 11 is 1.36. The molecule has 6 heteroatoms. The van der Waals surface area contributed by atoms with E-state index in [4.69, 9.17) is 0 Å². The van der Waals surface area contributed by atoms with E-state index >= 15 is 0 Å². The summed E-state index contributed by atoms with van der Waals surface area (Å²) in [6, 6.07) is 1.90. The van der Waals surface area contributed by atoms with Crippen molar-refractivity contribution in [2.75, 3.05) is 19.3 Å². The molecule has 0 atom stereocenters. The minimum absolute atomic E-state index is 0.0631. The SMILES string of the molecule is CS/C(=C(/C#N)S(=O)(=O)C(C)C)N1CCCCC1. The third-order valence-corrected chi connectivity index (χ3v) is 6.11. The number of allylic oxidation sites excluding steroid dienone is 1. The second-order valence-electron chi connectivity index (χ2n) is 4.59. The molecule has 0 aliphatic carbocycles. The first kappa shape index (κ1) is 15.4. The predicted octanol–water partition coefficient (Wildman–Crippen LogP) is 2.35. The Hall–Kier alpha value is -0.670. The zero-order valence-corrected chi connectivity index (χ0v) is 12.8. The van der Waals surface area contributed by atoms with Crippen LogP contribution in [0.4, 0.5) is 0 Å². The van der Waals surface area contributed by atoms with Gasteiger partial charge in [-0.3, -0.25) is 0 Å². The molecule has 0 N–H and O–H groups in total. The number of nitrogens with zero attached hydrogens (tertiary/aromatic N) is 2. The summed E-state index contributed by atoms with van der Waals surface area (Å²) < 4.78 is 24.4. The van der Waals surface area contributed by atoms with E-state index in [0.717, 1.165) is 25.9 Å². The van der Waals surface area contributed by atoms with Crippen LogP contribution in [-0.4, -0.2) is 37.9 Å². The molecular weight excluding hydrogens is 268 g/mol. The monoisotopic (exact) mass is 288 g/mol. The van der Waals surface area contributed by atoms with Crippen molar-refractivity contribution in [1.29, 1.82) is 5.26 Å². The van der Waals surface area contributed by atoms with Crippen LogP contribution in [0, 0.1) is 11.3 Å². The van der Waals surface area contributed by atoms with Crippen LogP contribution in [0.1, 0.15) is 33.1 Å². The summed E-state index contributed by atoms with van der Waals surface area (Å²) in [7, 11) is -3.49. The van der Waals surface area contributed by atoms with Crippen LogP contribution in [0.3, 0.4) is 0 Å². The van der Waals surface area contributed by atoms with Crippen LogP contribution in [0.15, 0.2) is 9.93 Å². The van der Waals surface area contributed by atoms with Gasteiger partial charge in [-0.1, -0.05) is 0 Å². The van der Waals surface area contributed by atoms with Crippen molar-refractivity contribution < 1.29 is 8.42 Å². The Morgan fingerprint density at radius 3 is 2.22 bits per heavy atom. The summed E-state index contributed by atoms with van der Waals surface area (Å²) in [4.78, 5) is 1.97. The van der Waals surface area contributed by atoms with E-state index in [2.05, 4.69) is 0 Å². The number of piperidine rings is 1. The van der Waals surface area contributed by atoms with E-state index in [1.165, 1.54) is 18.2 Å². The first-order valence-corrected chi connectivity index (χ1v) is 8.89. The lowest BCUT2D eigenvalue weighted by Gasteiger charge is -2.30. The molecule has 0 aromatic carbocycles. The van der Waals surface area contributed by atoms with Gasteiger partial charge in [0, 0.05) is 13.1 Å². The highest BCUT2D eigenvalue weighted by atomic mass is 32.2. The Morgan fingerprint density at radius 1 is 1.28 bits per heavy atom. The zero-order valence-electron chi connectivity index (χ0n) is 11.1. The molecule has 0 amide bonds. The molecule has 1 fully saturated rings. The minimum atomic E-state index is -3.49. The van der Waals surface area contributed by atoms with Crippen LogP contribution >= 0.6 is 11.8 Å². The number of likely N-dealkylation sites (tertiary alicyclic amines) is 1. The molecule has 4 nitrogen and oxygen atoms in total. The molecule has 1 heterocycles. The maximum absolute atomic E-state index is 12.2. The highest BCUT2D eigenvalue weighted by Crippen LogP contribution is 2.29. The molecule has 1 saturated heterocycles. The second-order valence-corrected chi connectivity index (χ2v) is 7.83. The highest BCUT2D eigenvalue weighted by Gasteiger charge is 2.28. The molecule has 0 aromatic rings. The van der Waals surface area contributed by atoms with Gasteiger partial charge in [0.05, 0.1) is 5.25 Å². The zero-order chi connectivity index (χ0) is 13.8. The lowest BCUT2D eigenvalue weighted by molar-refractivity contribution is 0.302. The Kier molecular flexibility index (Phi) is 5.54. The fourth-order valence-corrected chi connectivity index (χ4v) is 4.17. The van der Waals surface area contributed by atoms with Crippen molar-refractivity contribution in [3.05, 3.63) is 9.93 Å². The van der Waals surface area contributed by atoms with E-state index in [1.54, 1.807) is 13.8 Å². The number of hydrogen-bond donors (Lipinski definition) is 0. The van der Waals surface area contributed by atoms with Crippen molar-refractivity contribution in [2.24, 2.45) is 0 Å². The standard InChI is InChI=1S/C12H20N2O2S2/c1-10(2)18(15,16)11(9-13)12(17-3)14-7-5-4-6-8-14/h10H,4-8H2,1-3H3/b12-11-. The average molecular weight is 288 g/mol. The molecule has 0 spiro atoms. The molecule has 1 aliphatic heterocycles. The first-order chi connectivity index (χ1) is 8.45. The maximum Gasteiger partial charge on any atom is 0.193 e.